The molecule has 84 valence electrons. The zero-order chi connectivity index (χ0) is 10.4. The molecule has 4 heteroatoms. The lowest BCUT2D eigenvalue weighted by atomic mass is 9.94. The Morgan fingerprint density at radius 3 is 2.86 bits per heavy atom. The van der Waals surface area contributed by atoms with Crippen molar-refractivity contribution >= 4 is 0 Å². The third kappa shape index (κ3) is 3.53. The molecule has 1 saturated heterocycles. The molecule has 0 radical (unpaired) electrons. The zero-order valence-electron chi connectivity index (χ0n) is 9.16. The van der Waals surface area contributed by atoms with Gasteiger partial charge in [-0.25, -0.2) is 0 Å². The van der Waals surface area contributed by atoms with Crippen LogP contribution in [0.1, 0.15) is 26.2 Å². The highest BCUT2D eigenvalue weighted by atomic mass is 16.5. The van der Waals surface area contributed by atoms with Gasteiger partial charge in [0, 0.05) is 25.7 Å². The van der Waals surface area contributed by atoms with E-state index in [0.717, 1.165) is 32.5 Å². The molecular formula is C10H22N2O2. The summed E-state index contributed by atoms with van der Waals surface area (Å²) in [6, 6.07) is 0.370. The van der Waals surface area contributed by atoms with E-state index in [9.17, 15) is 0 Å². The summed E-state index contributed by atoms with van der Waals surface area (Å²) in [6.45, 7) is 3.80. The molecule has 3 unspecified atom stereocenters. The van der Waals surface area contributed by atoms with Gasteiger partial charge in [0.05, 0.1) is 12.7 Å². The molecule has 1 rings (SSSR count). The van der Waals surface area contributed by atoms with E-state index in [1.165, 1.54) is 0 Å². The van der Waals surface area contributed by atoms with Gasteiger partial charge >= 0.3 is 0 Å². The first-order valence-electron chi connectivity index (χ1n) is 5.34. The van der Waals surface area contributed by atoms with Gasteiger partial charge in [-0.3, -0.25) is 11.3 Å². The first-order chi connectivity index (χ1) is 6.77. The monoisotopic (exact) mass is 202 g/mol. The number of hydrogen-bond donors (Lipinski definition) is 2. The van der Waals surface area contributed by atoms with Crippen LogP contribution in [0.25, 0.3) is 0 Å². The fraction of sp³-hybridized carbons (Fsp3) is 1.00. The molecule has 0 aromatic heterocycles. The van der Waals surface area contributed by atoms with Gasteiger partial charge in [-0.05, 0) is 26.2 Å². The molecular weight excluding hydrogens is 180 g/mol. The Labute approximate surface area is 86.1 Å². The van der Waals surface area contributed by atoms with E-state index in [2.05, 4.69) is 12.3 Å². The van der Waals surface area contributed by atoms with Gasteiger partial charge < -0.3 is 9.47 Å². The van der Waals surface area contributed by atoms with Crippen LogP contribution in [0.2, 0.25) is 0 Å². The van der Waals surface area contributed by atoms with Crippen LogP contribution >= 0.6 is 0 Å². The molecule has 1 aliphatic heterocycles. The van der Waals surface area contributed by atoms with Crippen molar-refractivity contribution in [2.45, 2.75) is 38.3 Å². The number of methoxy groups -OCH3 is 1. The average molecular weight is 202 g/mol. The number of hydrogen-bond acceptors (Lipinski definition) is 4. The Morgan fingerprint density at radius 2 is 2.36 bits per heavy atom. The minimum atomic E-state index is 0.313. The fourth-order valence-corrected chi connectivity index (χ4v) is 1.86. The normalized spacial score (nSPS) is 26.4. The Hall–Kier alpha value is -0.160. The van der Waals surface area contributed by atoms with Crippen LogP contribution in [-0.4, -0.2) is 32.5 Å². The summed E-state index contributed by atoms with van der Waals surface area (Å²) in [5.74, 6) is 6.11. The molecule has 1 aliphatic rings. The Bertz CT molecular complexity index is 149. The summed E-state index contributed by atoms with van der Waals surface area (Å²) in [7, 11) is 1.74. The fourth-order valence-electron chi connectivity index (χ4n) is 1.86. The Kier molecular flexibility index (Phi) is 5.40. The topological polar surface area (TPSA) is 56.5 Å². The van der Waals surface area contributed by atoms with Crippen LogP contribution in [0, 0.1) is 5.92 Å². The summed E-state index contributed by atoms with van der Waals surface area (Å²) in [4.78, 5) is 0. The van der Waals surface area contributed by atoms with Crippen molar-refractivity contribution in [2.24, 2.45) is 11.8 Å². The number of hydrazine groups is 1. The third-order valence-corrected chi connectivity index (χ3v) is 3.03. The van der Waals surface area contributed by atoms with Crippen LogP contribution in [0.3, 0.4) is 0 Å². The van der Waals surface area contributed by atoms with E-state index in [1.54, 1.807) is 7.11 Å². The second-order valence-electron chi connectivity index (χ2n) is 4.02. The van der Waals surface area contributed by atoms with Crippen molar-refractivity contribution in [3.8, 4) is 0 Å². The van der Waals surface area contributed by atoms with Crippen molar-refractivity contribution in [3.63, 3.8) is 0 Å². The number of ether oxygens (including phenoxy) is 2. The number of rotatable bonds is 6. The average Bonchev–Trinajstić information content (AvgIpc) is 2.72. The summed E-state index contributed by atoms with van der Waals surface area (Å²) in [6.07, 6.45) is 3.53. The van der Waals surface area contributed by atoms with E-state index >= 15 is 0 Å². The summed E-state index contributed by atoms with van der Waals surface area (Å²) in [5.41, 5.74) is 2.89. The maximum absolute atomic E-state index is 5.53. The van der Waals surface area contributed by atoms with E-state index in [4.69, 9.17) is 15.3 Å². The maximum Gasteiger partial charge on any atom is 0.0543 e. The van der Waals surface area contributed by atoms with Crippen LogP contribution < -0.4 is 11.3 Å². The SMILES string of the molecule is COC(C)CCC(NN)C1CCOC1. The minimum Gasteiger partial charge on any atom is -0.382 e. The van der Waals surface area contributed by atoms with Gasteiger partial charge in [-0.1, -0.05) is 0 Å². The summed E-state index contributed by atoms with van der Waals surface area (Å²) >= 11 is 0. The largest absolute Gasteiger partial charge is 0.382 e. The zero-order valence-corrected chi connectivity index (χ0v) is 9.16. The molecule has 0 aromatic carbocycles. The smallest absolute Gasteiger partial charge is 0.0543 e. The second kappa shape index (κ2) is 6.35. The van der Waals surface area contributed by atoms with Crippen LogP contribution in [0.5, 0.6) is 0 Å². The molecule has 3 atom stereocenters. The van der Waals surface area contributed by atoms with Crippen molar-refractivity contribution in [2.75, 3.05) is 20.3 Å². The molecule has 0 saturated carbocycles. The Balaban J connectivity index is 2.23. The van der Waals surface area contributed by atoms with Gasteiger partial charge in [0.15, 0.2) is 0 Å². The Morgan fingerprint density at radius 1 is 1.57 bits per heavy atom. The van der Waals surface area contributed by atoms with Gasteiger partial charge in [0.2, 0.25) is 0 Å². The molecule has 3 N–H and O–H groups in total. The molecule has 0 bridgehead atoms. The quantitative estimate of drug-likeness (QED) is 0.491. The molecule has 4 nitrogen and oxygen atoms in total. The van der Waals surface area contributed by atoms with E-state index in [1.807, 2.05) is 0 Å². The highest BCUT2D eigenvalue weighted by Crippen LogP contribution is 2.20. The molecule has 0 amide bonds. The van der Waals surface area contributed by atoms with Crippen molar-refractivity contribution in [1.29, 1.82) is 0 Å². The van der Waals surface area contributed by atoms with E-state index < -0.39 is 0 Å². The lowest BCUT2D eigenvalue weighted by Crippen LogP contribution is -2.41. The molecule has 0 aliphatic carbocycles. The molecule has 14 heavy (non-hydrogen) atoms. The van der Waals surface area contributed by atoms with E-state index in [-0.39, 0.29) is 0 Å². The first-order valence-corrected chi connectivity index (χ1v) is 5.34. The predicted octanol–water partition coefficient (Wildman–Crippen LogP) is 0.670. The molecule has 1 heterocycles. The standard InChI is InChI=1S/C10H22N2O2/c1-8(13-2)3-4-10(12-11)9-5-6-14-7-9/h8-10,12H,3-7,11H2,1-2H3. The molecule has 0 spiro atoms. The third-order valence-electron chi connectivity index (χ3n) is 3.03. The number of nitrogens with two attached hydrogens (primary N) is 1. The minimum absolute atomic E-state index is 0.313. The van der Waals surface area contributed by atoms with Gasteiger partial charge in [-0.2, -0.15) is 0 Å². The van der Waals surface area contributed by atoms with Gasteiger partial charge in [0.25, 0.3) is 0 Å². The van der Waals surface area contributed by atoms with Crippen LogP contribution in [0.15, 0.2) is 0 Å². The van der Waals surface area contributed by atoms with E-state index in [0.29, 0.717) is 18.1 Å². The maximum atomic E-state index is 5.53. The molecule has 1 fully saturated rings. The van der Waals surface area contributed by atoms with Crippen molar-refractivity contribution < 1.29 is 9.47 Å². The van der Waals surface area contributed by atoms with Crippen molar-refractivity contribution in [3.05, 3.63) is 0 Å². The van der Waals surface area contributed by atoms with Gasteiger partial charge in [0.1, 0.15) is 0 Å². The molecule has 0 aromatic rings. The van der Waals surface area contributed by atoms with Crippen LogP contribution in [-0.2, 0) is 9.47 Å². The summed E-state index contributed by atoms with van der Waals surface area (Å²) < 4.78 is 10.6. The lowest BCUT2D eigenvalue weighted by molar-refractivity contribution is 0.102. The highest BCUT2D eigenvalue weighted by molar-refractivity contribution is 4.78. The van der Waals surface area contributed by atoms with Crippen LogP contribution in [0.4, 0.5) is 0 Å². The summed E-state index contributed by atoms with van der Waals surface area (Å²) in [5, 5.41) is 0. The second-order valence-corrected chi connectivity index (χ2v) is 4.02. The lowest BCUT2D eigenvalue weighted by Gasteiger charge is -2.22. The first kappa shape index (κ1) is 11.9. The number of nitrogens with one attached hydrogen (secondary N) is 1. The van der Waals surface area contributed by atoms with Gasteiger partial charge in [-0.15, -0.1) is 0 Å². The predicted molar refractivity (Wildman–Crippen MR) is 55.7 cm³/mol. The highest BCUT2D eigenvalue weighted by Gasteiger charge is 2.24. The van der Waals surface area contributed by atoms with Crippen molar-refractivity contribution in [1.82, 2.24) is 5.43 Å².